The molecule has 1 fully saturated rings. The first kappa shape index (κ1) is 25.8. The van der Waals surface area contributed by atoms with Crippen molar-refractivity contribution in [3.63, 3.8) is 0 Å². The van der Waals surface area contributed by atoms with Crippen molar-refractivity contribution in [1.29, 1.82) is 0 Å². The van der Waals surface area contributed by atoms with E-state index in [1.807, 2.05) is 6.07 Å². The van der Waals surface area contributed by atoms with Crippen molar-refractivity contribution in [2.24, 2.45) is 0 Å². The van der Waals surface area contributed by atoms with Crippen LogP contribution < -0.4 is 10.3 Å². The van der Waals surface area contributed by atoms with Gasteiger partial charge in [0.15, 0.2) is 5.16 Å². The first-order valence-electron chi connectivity index (χ1n) is 12.9. The van der Waals surface area contributed by atoms with E-state index in [2.05, 4.69) is 53.9 Å². The molecule has 1 aliphatic carbocycles. The number of hydrogen-bond acceptors (Lipinski definition) is 6. The number of aromatic nitrogens is 2. The zero-order valence-electron chi connectivity index (χ0n) is 21.7. The largest absolute Gasteiger partial charge is 0.497 e. The van der Waals surface area contributed by atoms with Gasteiger partial charge in [-0.05, 0) is 61.7 Å². The summed E-state index contributed by atoms with van der Waals surface area (Å²) in [5.74, 6) is 1.57. The number of benzene rings is 2. The molecule has 3 aromatic rings. The predicted octanol–water partition coefficient (Wildman–Crippen LogP) is 4.93. The van der Waals surface area contributed by atoms with Gasteiger partial charge in [-0.1, -0.05) is 48.2 Å². The Hall–Kier alpha value is -2.87. The Bertz CT molecular complexity index is 1310. The second-order valence-corrected chi connectivity index (χ2v) is 11.0. The minimum atomic E-state index is -0.245. The number of nitrogens with zero attached hydrogens (tertiary/aromatic N) is 3. The van der Waals surface area contributed by atoms with Crippen LogP contribution in [0.3, 0.4) is 0 Å². The van der Waals surface area contributed by atoms with Crippen LogP contribution >= 0.6 is 11.8 Å². The number of allylic oxidation sites excluding steroid dienone is 1. The van der Waals surface area contributed by atoms with E-state index in [9.17, 15) is 4.79 Å². The van der Waals surface area contributed by atoms with Crippen LogP contribution in [0.1, 0.15) is 29.5 Å². The summed E-state index contributed by atoms with van der Waals surface area (Å²) < 4.78 is 12.6. The predicted molar refractivity (Wildman–Crippen MR) is 150 cm³/mol. The molecule has 0 N–H and O–H groups in total. The molecule has 0 saturated carbocycles. The van der Waals surface area contributed by atoms with Crippen LogP contribution in [0.2, 0.25) is 0 Å². The highest BCUT2D eigenvalue weighted by Crippen LogP contribution is 2.47. The van der Waals surface area contributed by atoms with Crippen LogP contribution in [0.4, 0.5) is 0 Å². The number of methoxy groups -OCH3 is 2. The minimum Gasteiger partial charge on any atom is -0.497 e. The molecule has 0 atom stereocenters. The van der Waals surface area contributed by atoms with Gasteiger partial charge in [0.1, 0.15) is 5.75 Å². The van der Waals surface area contributed by atoms with E-state index in [4.69, 9.17) is 14.5 Å². The molecule has 5 rings (SSSR count). The Morgan fingerprint density at radius 1 is 1.14 bits per heavy atom. The number of fused-ring (bicyclic) bond motifs is 4. The summed E-state index contributed by atoms with van der Waals surface area (Å²) in [4.78, 5) is 21.9. The molecule has 0 bridgehead atoms. The monoisotopic (exact) mass is 517 g/mol. The number of ether oxygens (including phenoxy) is 2. The van der Waals surface area contributed by atoms with E-state index >= 15 is 0 Å². The summed E-state index contributed by atoms with van der Waals surface area (Å²) in [5, 5.41) is 0.723. The fourth-order valence-electron chi connectivity index (χ4n) is 5.76. The van der Waals surface area contributed by atoms with E-state index in [1.54, 1.807) is 36.6 Å². The second-order valence-electron chi connectivity index (χ2n) is 9.91. The van der Waals surface area contributed by atoms with Crippen molar-refractivity contribution in [3.05, 3.63) is 88.2 Å². The van der Waals surface area contributed by atoms with Crippen LogP contribution in [0, 0.1) is 0 Å². The SMILES string of the molecule is C=CCn1c(SCCOC)nc2c(c1=O)C1(CCN(Cc3ccccc3)CC1)Cc1cc(OC)ccc1-2. The van der Waals surface area contributed by atoms with Gasteiger partial charge in [0.25, 0.3) is 5.56 Å². The highest BCUT2D eigenvalue weighted by atomic mass is 32.2. The molecule has 7 heteroatoms. The fourth-order valence-corrected chi connectivity index (χ4v) is 6.66. The Morgan fingerprint density at radius 2 is 1.92 bits per heavy atom. The summed E-state index contributed by atoms with van der Waals surface area (Å²) in [7, 11) is 3.39. The first-order valence-corrected chi connectivity index (χ1v) is 13.9. The zero-order valence-corrected chi connectivity index (χ0v) is 22.6. The minimum absolute atomic E-state index is 0.0720. The molecule has 1 aliphatic heterocycles. The highest BCUT2D eigenvalue weighted by Gasteiger charge is 2.45. The topological polar surface area (TPSA) is 56.6 Å². The normalized spacial score (nSPS) is 16.3. The van der Waals surface area contributed by atoms with Crippen LogP contribution in [0.25, 0.3) is 11.3 Å². The molecule has 0 amide bonds. The van der Waals surface area contributed by atoms with Crippen LogP contribution in [-0.4, -0.2) is 54.1 Å². The third-order valence-electron chi connectivity index (χ3n) is 7.65. The molecule has 2 heterocycles. The summed E-state index contributed by atoms with van der Waals surface area (Å²) in [6.45, 7) is 7.78. The first-order chi connectivity index (χ1) is 18.1. The number of piperidine rings is 1. The van der Waals surface area contributed by atoms with E-state index in [0.717, 1.165) is 72.4 Å². The molecule has 2 aliphatic rings. The van der Waals surface area contributed by atoms with Gasteiger partial charge in [-0.25, -0.2) is 4.98 Å². The summed E-state index contributed by atoms with van der Waals surface area (Å²) >= 11 is 1.56. The van der Waals surface area contributed by atoms with Gasteiger partial charge in [0, 0.05) is 36.9 Å². The quantitative estimate of drug-likeness (QED) is 0.174. The van der Waals surface area contributed by atoms with Gasteiger partial charge in [0.2, 0.25) is 0 Å². The lowest BCUT2D eigenvalue weighted by molar-refractivity contribution is 0.149. The maximum atomic E-state index is 14.2. The van der Waals surface area contributed by atoms with Crippen LogP contribution in [-0.2, 0) is 29.7 Å². The van der Waals surface area contributed by atoms with Gasteiger partial charge < -0.3 is 9.47 Å². The lowest BCUT2D eigenvalue weighted by Gasteiger charge is -2.45. The second kappa shape index (κ2) is 11.3. The van der Waals surface area contributed by atoms with Crippen molar-refractivity contribution in [2.75, 3.05) is 39.7 Å². The lowest BCUT2D eigenvalue weighted by Crippen LogP contribution is -2.49. The number of rotatable bonds is 9. The summed E-state index contributed by atoms with van der Waals surface area (Å²) in [6.07, 6.45) is 4.45. The molecular formula is C30H35N3O3S. The molecule has 6 nitrogen and oxygen atoms in total. The molecule has 0 unspecified atom stereocenters. The molecular weight excluding hydrogens is 482 g/mol. The molecule has 1 saturated heterocycles. The molecule has 37 heavy (non-hydrogen) atoms. The maximum absolute atomic E-state index is 14.2. The van der Waals surface area contributed by atoms with Gasteiger partial charge in [-0.15, -0.1) is 6.58 Å². The number of hydrogen-bond donors (Lipinski definition) is 0. The van der Waals surface area contributed by atoms with Crippen molar-refractivity contribution in [2.45, 2.75) is 42.9 Å². The average molecular weight is 518 g/mol. The van der Waals surface area contributed by atoms with E-state index in [1.165, 1.54) is 11.1 Å². The lowest BCUT2D eigenvalue weighted by atomic mass is 9.64. The molecule has 1 spiro atoms. The maximum Gasteiger partial charge on any atom is 0.258 e. The van der Waals surface area contributed by atoms with Gasteiger partial charge in [-0.2, -0.15) is 0 Å². The molecule has 0 radical (unpaired) electrons. The summed E-state index contributed by atoms with van der Waals surface area (Å²) in [5.41, 5.74) is 5.13. The Kier molecular flexibility index (Phi) is 7.84. The Morgan fingerprint density at radius 3 is 2.62 bits per heavy atom. The Labute approximate surface area is 223 Å². The number of likely N-dealkylation sites (tertiary alicyclic amines) is 1. The molecule has 194 valence electrons. The fraction of sp³-hybridized carbons (Fsp3) is 0.400. The van der Waals surface area contributed by atoms with E-state index in [-0.39, 0.29) is 11.0 Å². The third kappa shape index (κ3) is 5.13. The smallest absolute Gasteiger partial charge is 0.258 e. The number of thioether (sulfide) groups is 1. The Balaban J connectivity index is 1.57. The molecule has 2 aromatic carbocycles. The van der Waals surface area contributed by atoms with Gasteiger partial charge >= 0.3 is 0 Å². The van der Waals surface area contributed by atoms with Crippen molar-refractivity contribution in [3.8, 4) is 17.0 Å². The van der Waals surface area contributed by atoms with Crippen LogP contribution in [0.5, 0.6) is 5.75 Å². The van der Waals surface area contributed by atoms with Crippen molar-refractivity contribution >= 4 is 11.8 Å². The zero-order chi connectivity index (χ0) is 25.8. The van der Waals surface area contributed by atoms with E-state index < -0.39 is 0 Å². The summed E-state index contributed by atoms with van der Waals surface area (Å²) in [6, 6.07) is 16.8. The standard InChI is InChI=1S/C30H35N3O3S/c1-4-14-33-28(34)26-27(31-29(33)37-18-17-35-2)25-11-10-24(36-3)19-23(25)20-30(26)12-15-32(16-13-30)21-22-8-6-5-7-9-22/h4-11,19H,1,12-18,20-21H2,2-3H3. The van der Waals surface area contributed by atoms with Gasteiger partial charge in [-0.3, -0.25) is 14.3 Å². The van der Waals surface area contributed by atoms with Crippen molar-refractivity contribution < 1.29 is 9.47 Å². The van der Waals surface area contributed by atoms with Crippen molar-refractivity contribution in [1.82, 2.24) is 14.5 Å². The van der Waals surface area contributed by atoms with Gasteiger partial charge in [0.05, 0.1) is 25.0 Å². The van der Waals surface area contributed by atoms with E-state index in [0.29, 0.717) is 13.2 Å². The van der Waals surface area contributed by atoms with Crippen LogP contribution in [0.15, 0.2) is 71.1 Å². The highest BCUT2D eigenvalue weighted by molar-refractivity contribution is 7.99. The average Bonchev–Trinajstić information content (AvgIpc) is 2.92. The molecule has 1 aromatic heterocycles. The third-order valence-corrected chi connectivity index (χ3v) is 8.59.